The van der Waals surface area contributed by atoms with Crippen LogP contribution in [0.25, 0.3) is 55.2 Å². The maximum atomic E-state index is 5.04. The Kier molecular flexibility index (Phi) is 4.22. The van der Waals surface area contributed by atoms with Gasteiger partial charge in [-0.2, -0.15) is 0 Å². The van der Waals surface area contributed by atoms with Crippen LogP contribution in [-0.4, -0.2) is 4.98 Å². The number of rotatable bonds is 3. The number of nitrogens with zero attached hydrogens (tertiary/aromatic N) is 1. The van der Waals surface area contributed by atoms with Gasteiger partial charge in [0.2, 0.25) is 0 Å². The summed E-state index contributed by atoms with van der Waals surface area (Å²) >= 11 is 0. The van der Waals surface area contributed by atoms with E-state index < -0.39 is 0 Å². The molecule has 1 heteroatoms. The van der Waals surface area contributed by atoms with Gasteiger partial charge in [0, 0.05) is 10.4 Å². The molecular formula is C33H21N. The molecule has 2 aliphatic rings. The molecule has 1 aliphatic heterocycles. The summed E-state index contributed by atoms with van der Waals surface area (Å²) in [5, 5.41) is 4.96. The molecule has 0 spiro atoms. The van der Waals surface area contributed by atoms with Crippen molar-refractivity contribution in [3.05, 3.63) is 138 Å². The van der Waals surface area contributed by atoms with Gasteiger partial charge in [0.05, 0.1) is 11.0 Å². The highest BCUT2D eigenvalue weighted by atomic mass is 14.7. The van der Waals surface area contributed by atoms with Crippen molar-refractivity contribution in [3.8, 4) is 33.4 Å². The minimum absolute atomic E-state index is 1.05. The van der Waals surface area contributed by atoms with Crippen LogP contribution in [0, 0.1) is 10.4 Å². The largest absolute Gasteiger partial charge is 0.248 e. The molecule has 1 nitrogen and oxygen atoms in total. The molecule has 1 aliphatic carbocycles. The fourth-order valence-corrected chi connectivity index (χ4v) is 5.44. The lowest BCUT2D eigenvalue weighted by atomic mass is 9.87. The first-order valence-electron chi connectivity index (χ1n) is 11.7. The summed E-state index contributed by atoms with van der Waals surface area (Å²) in [4.78, 5) is 5.04. The lowest BCUT2D eigenvalue weighted by Crippen LogP contribution is -1.90. The second-order valence-electron chi connectivity index (χ2n) is 8.73. The number of hydrogen-bond acceptors (Lipinski definition) is 1. The van der Waals surface area contributed by atoms with Gasteiger partial charge in [-0.15, -0.1) is 0 Å². The molecule has 0 bridgehead atoms. The molecule has 0 radical (unpaired) electrons. The fourth-order valence-electron chi connectivity index (χ4n) is 5.44. The average molecular weight is 432 g/mol. The van der Waals surface area contributed by atoms with E-state index >= 15 is 0 Å². The molecule has 0 fully saturated rings. The first-order valence-corrected chi connectivity index (χ1v) is 11.7. The topological polar surface area (TPSA) is 12.9 Å². The minimum Gasteiger partial charge on any atom is -0.248 e. The van der Waals surface area contributed by atoms with Crippen LogP contribution in [0.3, 0.4) is 0 Å². The first kappa shape index (κ1) is 19.0. The van der Waals surface area contributed by atoms with Gasteiger partial charge in [0.1, 0.15) is 0 Å². The Morgan fingerprint density at radius 2 is 0.706 bits per heavy atom. The standard InChI is InChI=1S/C33H21N/c1-4-12-22(13-5-1)29-25-18-10-20-27-32(25)33-26(19-11-21-28(33)34-27)30(23-14-6-2-7-15-23)31(29)24-16-8-3-9-17-24/h1-21H. The van der Waals surface area contributed by atoms with Gasteiger partial charge in [0.15, 0.2) is 0 Å². The summed E-state index contributed by atoms with van der Waals surface area (Å²) in [7, 11) is 0. The van der Waals surface area contributed by atoms with Crippen LogP contribution in [0.5, 0.6) is 0 Å². The third-order valence-corrected chi connectivity index (χ3v) is 6.80. The van der Waals surface area contributed by atoms with Crippen molar-refractivity contribution in [3.63, 3.8) is 0 Å². The SMILES string of the molecule is c1ccc(-c2c(-c3ccccc3)c3cccc4nc5cccc(c2-c2ccccc2)c5=c43)cc1. The van der Waals surface area contributed by atoms with Crippen LogP contribution in [0.4, 0.5) is 0 Å². The van der Waals surface area contributed by atoms with E-state index in [0.717, 1.165) is 11.0 Å². The fraction of sp³-hybridized carbons (Fsp3) is 0. The zero-order valence-electron chi connectivity index (χ0n) is 18.6. The summed E-state index contributed by atoms with van der Waals surface area (Å²) in [5.74, 6) is 0. The lowest BCUT2D eigenvalue weighted by Gasteiger charge is -2.16. The highest BCUT2D eigenvalue weighted by molar-refractivity contribution is 6.08. The van der Waals surface area contributed by atoms with Crippen LogP contribution in [0.2, 0.25) is 0 Å². The molecule has 0 N–H and O–H groups in total. The predicted molar refractivity (Wildman–Crippen MR) is 142 cm³/mol. The van der Waals surface area contributed by atoms with E-state index in [4.69, 9.17) is 4.98 Å². The van der Waals surface area contributed by atoms with Crippen molar-refractivity contribution in [2.75, 3.05) is 0 Å². The summed E-state index contributed by atoms with van der Waals surface area (Å²) in [5.41, 5.74) is 9.50. The Labute approximate surface area is 198 Å². The maximum Gasteiger partial charge on any atom is 0.0722 e. The van der Waals surface area contributed by atoms with E-state index in [2.05, 4.69) is 127 Å². The lowest BCUT2D eigenvalue weighted by molar-refractivity contribution is 1.52. The van der Waals surface area contributed by atoms with Crippen molar-refractivity contribution in [1.29, 1.82) is 0 Å². The van der Waals surface area contributed by atoms with Crippen molar-refractivity contribution in [2.45, 2.75) is 0 Å². The van der Waals surface area contributed by atoms with Crippen molar-refractivity contribution in [1.82, 2.24) is 4.98 Å². The van der Waals surface area contributed by atoms with Crippen LogP contribution in [0.15, 0.2) is 127 Å². The number of aromatic nitrogens is 1. The van der Waals surface area contributed by atoms with Gasteiger partial charge in [-0.1, -0.05) is 115 Å². The second kappa shape index (κ2) is 7.54. The molecule has 7 rings (SSSR count). The highest BCUT2D eigenvalue weighted by Crippen LogP contribution is 2.45. The normalized spacial score (nSPS) is 11.5. The van der Waals surface area contributed by atoms with Gasteiger partial charge < -0.3 is 0 Å². The van der Waals surface area contributed by atoms with Crippen LogP contribution in [0.1, 0.15) is 0 Å². The van der Waals surface area contributed by atoms with Gasteiger partial charge in [-0.05, 0) is 56.3 Å². The zero-order valence-corrected chi connectivity index (χ0v) is 18.6. The van der Waals surface area contributed by atoms with Crippen LogP contribution >= 0.6 is 0 Å². The smallest absolute Gasteiger partial charge is 0.0722 e. The second-order valence-corrected chi connectivity index (χ2v) is 8.73. The van der Waals surface area contributed by atoms with Gasteiger partial charge >= 0.3 is 0 Å². The number of benzene rings is 5. The van der Waals surface area contributed by atoms with Gasteiger partial charge in [-0.25, -0.2) is 4.98 Å². The summed E-state index contributed by atoms with van der Waals surface area (Å²) in [6.07, 6.45) is 0. The minimum atomic E-state index is 1.05. The van der Waals surface area contributed by atoms with E-state index in [0.29, 0.717) is 0 Å². The molecular weight excluding hydrogens is 410 g/mol. The van der Waals surface area contributed by atoms with E-state index in [9.17, 15) is 0 Å². The molecule has 0 unspecified atom stereocenters. The Morgan fingerprint density at radius 1 is 0.324 bits per heavy atom. The Balaban J connectivity index is 1.87. The molecule has 5 aromatic carbocycles. The molecule has 0 saturated carbocycles. The zero-order chi connectivity index (χ0) is 22.5. The summed E-state index contributed by atoms with van der Waals surface area (Å²) in [6, 6.07) is 45.5. The monoisotopic (exact) mass is 431 g/mol. The quantitative estimate of drug-likeness (QED) is 0.273. The highest BCUT2D eigenvalue weighted by Gasteiger charge is 2.21. The summed E-state index contributed by atoms with van der Waals surface area (Å²) < 4.78 is 0. The molecule has 34 heavy (non-hydrogen) atoms. The summed E-state index contributed by atoms with van der Waals surface area (Å²) in [6.45, 7) is 0. The van der Waals surface area contributed by atoms with E-state index in [1.807, 2.05) is 0 Å². The molecule has 5 aromatic rings. The van der Waals surface area contributed by atoms with Crippen molar-refractivity contribution >= 4 is 21.8 Å². The van der Waals surface area contributed by atoms with Crippen LogP contribution in [-0.2, 0) is 0 Å². The van der Waals surface area contributed by atoms with Crippen molar-refractivity contribution < 1.29 is 0 Å². The molecule has 1 heterocycles. The van der Waals surface area contributed by atoms with E-state index in [1.165, 1.54) is 54.6 Å². The Morgan fingerprint density at radius 3 is 1.12 bits per heavy atom. The van der Waals surface area contributed by atoms with Crippen molar-refractivity contribution in [2.24, 2.45) is 0 Å². The Hall–Kier alpha value is -4.49. The molecule has 0 amide bonds. The van der Waals surface area contributed by atoms with E-state index in [1.54, 1.807) is 0 Å². The maximum absolute atomic E-state index is 5.04. The van der Waals surface area contributed by atoms with Gasteiger partial charge in [0.25, 0.3) is 0 Å². The molecule has 0 atom stereocenters. The third-order valence-electron chi connectivity index (χ3n) is 6.80. The predicted octanol–water partition coefficient (Wildman–Crippen LogP) is 8.55. The third kappa shape index (κ3) is 2.77. The van der Waals surface area contributed by atoms with E-state index in [-0.39, 0.29) is 0 Å². The Bertz CT molecular complexity index is 1710. The van der Waals surface area contributed by atoms with Gasteiger partial charge in [-0.3, -0.25) is 0 Å². The molecule has 0 aromatic heterocycles. The number of hydrogen-bond donors (Lipinski definition) is 0. The average Bonchev–Trinajstić information content (AvgIpc) is 3.23. The molecule has 0 saturated heterocycles. The molecule has 158 valence electrons. The van der Waals surface area contributed by atoms with Crippen LogP contribution < -0.4 is 0 Å². The first-order chi connectivity index (χ1) is 16.9.